The molecule has 0 radical (unpaired) electrons. The molecule has 12 nitrogen and oxygen atoms in total. The zero-order valence-corrected chi connectivity index (χ0v) is 19.2. The Balaban J connectivity index is 1.51. The minimum absolute atomic E-state index is 0.0221. The molecule has 178 valence electrons. The summed E-state index contributed by atoms with van der Waals surface area (Å²) in [7, 11) is -6.71. The molecule has 2 aromatic carbocycles. The van der Waals surface area contributed by atoms with E-state index in [0.717, 1.165) is 10.4 Å². The Morgan fingerprint density at radius 2 is 1.36 bits per heavy atom. The highest BCUT2D eigenvalue weighted by Crippen LogP contribution is 2.34. The summed E-state index contributed by atoms with van der Waals surface area (Å²) in [5.74, 6) is 0.739. The van der Waals surface area contributed by atoms with Gasteiger partial charge in [0.25, 0.3) is 0 Å². The van der Waals surface area contributed by atoms with Crippen LogP contribution in [0.15, 0.2) is 46.2 Å². The predicted octanol–water partition coefficient (Wildman–Crippen LogP) is 1.07. The SMILES string of the molecule is COc1ccc(S(=O)(=O)N2CCN(S(=O)(=O)c3ccc4c(c3)OCCO4)CC2)cc1[N+](=O)[O-]. The van der Waals surface area contributed by atoms with Crippen LogP contribution < -0.4 is 14.2 Å². The standard InChI is InChI=1S/C19H21N3O9S2/c1-29-17-4-2-14(12-16(17)22(23)24)32(25,26)20-6-8-21(9-7-20)33(27,28)15-3-5-18-19(13-15)31-11-10-30-18/h2-5,12-13H,6-11H2,1H3. The molecule has 2 aromatic rings. The van der Waals surface area contributed by atoms with Crippen molar-refractivity contribution in [3.8, 4) is 17.2 Å². The molecule has 1 fully saturated rings. The zero-order chi connectivity index (χ0) is 23.8. The third-order valence-corrected chi connectivity index (χ3v) is 9.12. The van der Waals surface area contributed by atoms with Crippen molar-refractivity contribution < 1.29 is 36.0 Å². The molecule has 0 spiro atoms. The Bertz CT molecular complexity index is 1290. The number of ether oxygens (including phenoxy) is 3. The minimum atomic E-state index is -4.07. The Morgan fingerprint density at radius 1 is 0.848 bits per heavy atom. The van der Waals surface area contributed by atoms with E-state index in [0.29, 0.717) is 24.7 Å². The maximum Gasteiger partial charge on any atom is 0.312 e. The highest BCUT2D eigenvalue weighted by molar-refractivity contribution is 7.89. The van der Waals surface area contributed by atoms with E-state index in [1.165, 1.54) is 41.7 Å². The van der Waals surface area contributed by atoms with Crippen LogP contribution in [0.3, 0.4) is 0 Å². The number of sulfonamides is 2. The number of hydrogen-bond donors (Lipinski definition) is 0. The van der Waals surface area contributed by atoms with Gasteiger partial charge in [-0.2, -0.15) is 8.61 Å². The molecule has 0 saturated carbocycles. The summed E-state index contributed by atoms with van der Waals surface area (Å²) >= 11 is 0. The number of methoxy groups -OCH3 is 1. The first-order valence-corrected chi connectivity index (χ1v) is 12.7. The first kappa shape index (κ1) is 23.2. The van der Waals surface area contributed by atoms with Gasteiger partial charge >= 0.3 is 5.69 Å². The molecule has 2 heterocycles. The molecule has 33 heavy (non-hydrogen) atoms. The van der Waals surface area contributed by atoms with Crippen molar-refractivity contribution >= 4 is 25.7 Å². The molecule has 0 aromatic heterocycles. The maximum atomic E-state index is 13.1. The summed E-state index contributed by atoms with van der Waals surface area (Å²) in [6, 6.07) is 7.71. The lowest BCUT2D eigenvalue weighted by Gasteiger charge is -2.33. The maximum absolute atomic E-state index is 13.1. The van der Waals surface area contributed by atoms with E-state index < -0.39 is 30.7 Å². The van der Waals surface area contributed by atoms with E-state index in [9.17, 15) is 26.9 Å². The Morgan fingerprint density at radius 3 is 1.91 bits per heavy atom. The van der Waals surface area contributed by atoms with Gasteiger partial charge in [-0.3, -0.25) is 10.1 Å². The molecule has 14 heteroatoms. The monoisotopic (exact) mass is 499 g/mol. The molecule has 2 aliphatic heterocycles. The van der Waals surface area contributed by atoms with Gasteiger partial charge in [0.1, 0.15) is 13.2 Å². The van der Waals surface area contributed by atoms with Crippen LogP contribution in [0, 0.1) is 10.1 Å². The summed E-state index contributed by atoms with van der Waals surface area (Å²) in [4.78, 5) is 10.3. The number of hydrogen-bond acceptors (Lipinski definition) is 9. The number of nitrogens with zero attached hydrogens (tertiary/aromatic N) is 3. The third-order valence-electron chi connectivity index (χ3n) is 5.33. The number of piperazine rings is 1. The van der Waals surface area contributed by atoms with Crippen molar-refractivity contribution in [2.75, 3.05) is 46.5 Å². The largest absolute Gasteiger partial charge is 0.490 e. The summed E-state index contributed by atoms with van der Waals surface area (Å²) < 4.78 is 70.2. The van der Waals surface area contributed by atoms with E-state index in [1.807, 2.05) is 0 Å². The first-order chi connectivity index (χ1) is 15.6. The second-order valence-electron chi connectivity index (χ2n) is 7.20. The summed E-state index contributed by atoms with van der Waals surface area (Å²) in [5, 5.41) is 11.2. The average Bonchev–Trinajstić information content (AvgIpc) is 2.83. The Labute approximate surface area is 190 Å². The molecule has 0 amide bonds. The van der Waals surface area contributed by atoms with E-state index >= 15 is 0 Å². The van der Waals surface area contributed by atoms with Gasteiger partial charge in [0.2, 0.25) is 20.0 Å². The average molecular weight is 500 g/mol. The van der Waals surface area contributed by atoms with Crippen molar-refractivity contribution in [2.24, 2.45) is 0 Å². The van der Waals surface area contributed by atoms with Crippen molar-refractivity contribution in [2.45, 2.75) is 9.79 Å². The quantitative estimate of drug-likeness (QED) is 0.421. The molecule has 0 N–H and O–H groups in total. The van der Waals surface area contributed by atoms with Gasteiger partial charge in [-0.05, 0) is 24.3 Å². The van der Waals surface area contributed by atoms with Crippen LogP contribution in [0.5, 0.6) is 17.2 Å². The zero-order valence-electron chi connectivity index (χ0n) is 17.5. The van der Waals surface area contributed by atoms with Crippen LogP contribution in [0.4, 0.5) is 5.69 Å². The van der Waals surface area contributed by atoms with Crippen molar-refractivity contribution in [3.63, 3.8) is 0 Å². The topological polar surface area (TPSA) is 146 Å². The molecule has 0 atom stereocenters. The first-order valence-electron chi connectivity index (χ1n) is 9.87. The van der Waals surface area contributed by atoms with Crippen LogP contribution in [0.1, 0.15) is 0 Å². The summed E-state index contributed by atoms with van der Waals surface area (Å²) in [6.07, 6.45) is 0. The van der Waals surface area contributed by atoms with Crippen molar-refractivity contribution in [1.29, 1.82) is 0 Å². The van der Waals surface area contributed by atoms with E-state index in [1.54, 1.807) is 0 Å². The smallest absolute Gasteiger partial charge is 0.312 e. The fourth-order valence-corrected chi connectivity index (χ4v) is 6.49. The molecule has 4 rings (SSSR count). The van der Waals surface area contributed by atoms with Gasteiger partial charge in [0.05, 0.1) is 21.8 Å². The molecular formula is C19H21N3O9S2. The molecule has 0 aliphatic carbocycles. The van der Waals surface area contributed by atoms with Crippen molar-refractivity contribution in [3.05, 3.63) is 46.5 Å². The minimum Gasteiger partial charge on any atom is -0.490 e. The third kappa shape index (κ3) is 4.34. The number of benzene rings is 2. The molecular weight excluding hydrogens is 478 g/mol. The van der Waals surface area contributed by atoms with Crippen LogP contribution in [0.25, 0.3) is 0 Å². The fourth-order valence-electron chi connectivity index (χ4n) is 3.61. The van der Waals surface area contributed by atoms with Crippen LogP contribution in [-0.2, 0) is 20.0 Å². The summed E-state index contributed by atoms with van der Waals surface area (Å²) in [6.45, 7) is 0.337. The molecule has 0 bridgehead atoms. The fraction of sp³-hybridized carbons (Fsp3) is 0.368. The molecule has 1 saturated heterocycles. The van der Waals surface area contributed by atoms with Gasteiger partial charge in [-0.1, -0.05) is 0 Å². The lowest BCUT2D eigenvalue weighted by molar-refractivity contribution is -0.386. The van der Waals surface area contributed by atoms with Gasteiger partial charge in [-0.25, -0.2) is 16.8 Å². The number of rotatable bonds is 6. The number of fused-ring (bicyclic) bond motifs is 1. The second-order valence-corrected chi connectivity index (χ2v) is 11.1. The van der Waals surface area contributed by atoms with Gasteiger partial charge in [0.15, 0.2) is 17.2 Å². The highest BCUT2D eigenvalue weighted by Gasteiger charge is 2.35. The number of nitro benzene ring substituents is 1. The lowest BCUT2D eigenvalue weighted by atomic mass is 10.3. The van der Waals surface area contributed by atoms with Crippen molar-refractivity contribution in [1.82, 2.24) is 8.61 Å². The normalized spacial score (nSPS) is 17.5. The molecule has 0 unspecified atom stereocenters. The summed E-state index contributed by atoms with van der Waals surface area (Å²) in [5.41, 5.74) is -0.474. The lowest BCUT2D eigenvalue weighted by Crippen LogP contribution is -2.50. The highest BCUT2D eigenvalue weighted by atomic mass is 32.2. The Hall–Kier alpha value is -2.94. The van der Waals surface area contributed by atoms with Crippen LogP contribution >= 0.6 is 0 Å². The molecule has 2 aliphatic rings. The van der Waals surface area contributed by atoms with E-state index in [4.69, 9.17) is 14.2 Å². The van der Waals surface area contributed by atoms with Crippen LogP contribution in [0.2, 0.25) is 0 Å². The second kappa shape index (κ2) is 8.78. The number of nitro groups is 1. The van der Waals surface area contributed by atoms with E-state index in [2.05, 4.69) is 0 Å². The Kier molecular flexibility index (Phi) is 6.18. The van der Waals surface area contributed by atoms with E-state index in [-0.39, 0.29) is 41.7 Å². The van der Waals surface area contributed by atoms with Gasteiger partial charge in [0, 0.05) is 38.3 Å². The van der Waals surface area contributed by atoms with Gasteiger partial charge < -0.3 is 14.2 Å². The predicted molar refractivity (Wildman–Crippen MR) is 115 cm³/mol. The van der Waals surface area contributed by atoms with Crippen LogP contribution in [-0.4, -0.2) is 76.9 Å². The van der Waals surface area contributed by atoms with Gasteiger partial charge in [-0.15, -0.1) is 0 Å².